The third kappa shape index (κ3) is 6.38. The lowest BCUT2D eigenvalue weighted by Gasteiger charge is -2.27. The summed E-state index contributed by atoms with van der Waals surface area (Å²) in [6.07, 6.45) is 1.06. The molecular formula is C24H28FN3O4S2. The minimum atomic E-state index is -3.45. The van der Waals surface area contributed by atoms with Crippen LogP contribution in [0.2, 0.25) is 0 Å². The minimum absolute atomic E-state index is 0.0912. The number of thiazole rings is 1. The molecule has 0 aliphatic carbocycles. The second kappa shape index (κ2) is 11.4. The first-order valence-electron chi connectivity index (χ1n) is 11.4. The zero-order chi connectivity index (χ0) is 24.0. The fourth-order valence-corrected chi connectivity index (χ4v) is 6.27. The maximum Gasteiger partial charge on any atom is 0.228 e. The average Bonchev–Trinajstić information content (AvgIpc) is 3.25. The number of carbonyl (C=O) groups excluding carboxylic acids is 1. The molecule has 7 nitrogen and oxygen atoms in total. The number of carbonyl (C=O) groups is 1. The average molecular weight is 506 g/mol. The number of aromatic nitrogens is 1. The van der Waals surface area contributed by atoms with Crippen molar-refractivity contribution < 1.29 is 22.3 Å². The first-order chi connectivity index (χ1) is 16.4. The van der Waals surface area contributed by atoms with Gasteiger partial charge >= 0.3 is 0 Å². The summed E-state index contributed by atoms with van der Waals surface area (Å²) in [5.74, 6) is -0.626. The standard InChI is InChI=1S/C24H28FN3O4S2/c25-19-9-10-21-22(18-19)33-24(26-21)28(12-5-11-27-13-15-32-16-14-27)23(29)8-4-17-34(30,31)20-6-2-1-3-7-20/h1-3,6-7,9-10,18H,4-5,8,11-17H2. The normalized spacial score (nSPS) is 15.0. The Hall–Kier alpha value is -2.40. The summed E-state index contributed by atoms with van der Waals surface area (Å²) < 4.78 is 44.8. The summed E-state index contributed by atoms with van der Waals surface area (Å²) in [4.78, 5) is 21.9. The fourth-order valence-electron chi connectivity index (χ4n) is 3.90. The monoisotopic (exact) mass is 505 g/mol. The topological polar surface area (TPSA) is 79.8 Å². The summed E-state index contributed by atoms with van der Waals surface area (Å²) in [6.45, 7) is 4.44. The Morgan fingerprint density at radius 1 is 1.12 bits per heavy atom. The number of amides is 1. The predicted octanol–water partition coefficient (Wildman–Crippen LogP) is 3.74. The van der Waals surface area contributed by atoms with Gasteiger partial charge in [-0.1, -0.05) is 29.5 Å². The molecule has 1 aromatic heterocycles. The lowest BCUT2D eigenvalue weighted by atomic mass is 10.2. The molecule has 0 N–H and O–H groups in total. The van der Waals surface area contributed by atoms with Crippen LogP contribution in [0.5, 0.6) is 0 Å². The van der Waals surface area contributed by atoms with Gasteiger partial charge in [-0.3, -0.25) is 14.6 Å². The second-order valence-corrected chi connectivity index (χ2v) is 11.3. The van der Waals surface area contributed by atoms with Crippen molar-refractivity contribution >= 4 is 42.4 Å². The third-order valence-electron chi connectivity index (χ3n) is 5.74. The molecule has 34 heavy (non-hydrogen) atoms. The van der Waals surface area contributed by atoms with E-state index >= 15 is 0 Å². The molecule has 0 saturated carbocycles. The van der Waals surface area contributed by atoms with E-state index in [0.29, 0.717) is 35.1 Å². The van der Waals surface area contributed by atoms with Crippen LogP contribution in [-0.4, -0.2) is 69.4 Å². The Labute approximate surface area is 203 Å². The highest BCUT2D eigenvalue weighted by molar-refractivity contribution is 7.91. The number of anilines is 1. The quantitative estimate of drug-likeness (QED) is 0.418. The predicted molar refractivity (Wildman–Crippen MR) is 132 cm³/mol. The summed E-state index contributed by atoms with van der Waals surface area (Å²) in [5.41, 5.74) is 0.638. The largest absolute Gasteiger partial charge is 0.379 e. The van der Waals surface area contributed by atoms with Crippen molar-refractivity contribution in [2.24, 2.45) is 0 Å². The minimum Gasteiger partial charge on any atom is -0.379 e. The molecule has 0 bridgehead atoms. The highest BCUT2D eigenvalue weighted by Gasteiger charge is 2.22. The number of morpholine rings is 1. The molecule has 1 fully saturated rings. The van der Waals surface area contributed by atoms with Gasteiger partial charge in [0.25, 0.3) is 0 Å². The lowest BCUT2D eigenvalue weighted by molar-refractivity contribution is -0.118. The molecule has 10 heteroatoms. The number of halogens is 1. The van der Waals surface area contributed by atoms with E-state index < -0.39 is 9.84 Å². The van der Waals surface area contributed by atoms with Gasteiger partial charge < -0.3 is 4.74 Å². The van der Waals surface area contributed by atoms with Crippen LogP contribution < -0.4 is 4.90 Å². The van der Waals surface area contributed by atoms with Crippen LogP contribution in [-0.2, 0) is 19.4 Å². The van der Waals surface area contributed by atoms with Gasteiger partial charge in [-0.2, -0.15) is 0 Å². The maximum atomic E-state index is 13.7. The van der Waals surface area contributed by atoms with Gasteiger partial charge in [0.15, 0.2) is 15.0 Å². The molecule has 2 heterocycles. The Kier molecular flexibility index (Phi) is 8.25. The Bertz CT molecular complexity index is 1210. The van der Waals surface area contributed by atoms with Gasteiger partial charge in [-0.15, -0.1) is 0 Å². The smallest absolute Gasteiger partial charge is 0.228 e. The van der Waals surface area contributed by atoms with Crippen LogP contribution in [0.15, 0.2) is 53.4 Å². The van der Waals surface area contributed by atoms with E-state index in [4.69, 9.17) is 4.74 Å². The van der Waals surface area contributed by atoms with Gasteiger partial charge in [0.05, 0.1) is 34.1 Å². The van der Waals surface area contributed by atoms with Crippen LogP contribution in [0, 0.1) is 5.82 Å². The van der Waals surface area contributed by atoms with Gasteiger partial charge in [0.2, 0.25) is 5.91 Å². The molecule has 1 aliphatic rings. The molecule has 0 radical (unpaired) electrons. The van der Waals surface area contributed by atoms with Crippen molar-refractivity contribution in [2.75, 3.05) is 50.0 Å². The maximum absolute atomic E-state index is 13.7. The van der Waals surface area contributed by atoms with E-state index in [-0.39, 0.29) is 35.2 Å². The Morgan fingerprint density at radius 2 is 1.88 bits per heavy atom. The summed E-state index contributed by atoms with van der Waals surface area (Å²) in [7, 11) is -3.45. The van der Waals surface area contributed by atoms with Crippen molar-refractivity contribution in [3.8, 4) is 0 Å². The van der Waals surface area contributed by atoms with Crippen molar-refractivity contribution in [1.82, 2.24) is 9.88 Å². The summed E-state index contributed by atoms with van der Waals surface area (Å²) >= 11 is 1.27. The van der Waals surface area contributed by atoms with E-state index in [1.165, 1.54) is 23.5 Å². The molecule has 0 spiro atoms. The van der Waals surface area contributed by atoms with Crippen LogP contribution >= 0.6 is 11.3 Å². The SMILES string of the molecule is O=C(CCCS(=O)(=O)c1ccccc1)N(CCCN1CCOCC1)c1nc2ccc(F)cc2s1. The number of fused-ring (bicyclic) bond motifs is 1. The molecule has 1 aliphatic heterocycles. The molecule has 1 amide bonds. The molecule has 0 atom stereocenters. The molecule has 1 saturated heterocycles. The van der Waals surface area contributed by atoms with E-state index in [9.17, 15) is 17.6 Å². The van der Waals surface area contributed by atoms with Crippen LogP contribution in [0.25, 0.3) is 10.2 Å². The fraction of sp³-hybridized carbons (Fsp3) is 0.417. The van der Waals surface area contributed by atoms with Crippen LogP contribution in [0.1, 0.15) is 19.3 Å². The number of rotatable bonds is 10. The van der Waals surface area contributed by atoms with Crippen molar-refractivity contribution in [1.29, 1.82) is 0 Å². The highest BCUT2D eigenvalue weighted by atomic mass is 32.2. The van der Waals surface area contributed by atoms with Crippen molar-refractivity contribution in [3.05, 3.63) is 54.3 Å². The first-order valence-corrected chi connectivity index (χ1v) is 13.8. The molecule has 182 valence electrons. The van der Waals surface area contributed by atoms with E-state index in [0.717, 1.165) is 26.1 Å². The number of sulfone groups is 1. The van der Waals surface area contributed by atoms with E-state index in [1.807, 2.05) is 0 Å². The van der Waals surface area contributed by atoms with E-state index in [1.54, 1.807) is 41.3 Å². The van der Waals surface area contributed by atoms with Gasteiger partial charge in [-0.05, 0) is 43.2 Å². The zero-order valence-corrected chi connectivity index (χ0v) is 20.5. The summed E-state index contributed by atoms with van der Waals surface area (Å²) in [6, 6.07) is 12.6. The zero-order valence-electron chi connectivity index (χ0n) is 18.9. The summed E-state index contributed by atoms with van der Waals surface area (Å²) in [5, 5.41) is 0.512. The van der Waals surface area contributed by atoms with Crippen molar-refractivity contribution in [2.45, 2.75) is 24.2 Å². The van der Waals surface area contributed by atoms with Crippen molar-refractivity contribution in [3.63, 3.8) is 0 Å². The molecule has 0 unspecified atom stereocenters. The van der Waals surface area contributed by atoms with E-state index in [2.05, 4.69) is 9.88 Å². The molecule has 4 rings (SSSR count). The van der Waals surface area contributed by atoms with Crippen LogP contribution in [0.4, 0.5) is 9.52 Å². The Morgan fingerprint density at radius 3 is 2.65 bits per heavy atom. The van der Waals surface area contributed by atoms with Gasteiger partial charge in [0.1, 0.15) is 5.82 Å². The number of ether oxygens (including phenoxy) is 1. The number of hydrogen-bond acceptors (Lipinski definition) is 7. The highest BCUT2D eigenvalue weighted by Crippen LogP contribution is 2.30. The second-order valence-electron chi connectivity index (χ2n) is 8.20. The Balaban J connectivity index is 1.43. The number of hydrogen-bond donors (Lipinski definition) is 0. The first kappa shape index (κ1) is 24.7. The third-order valence-corrected chi connectivity index (χ3v) is 8.59. The lowest BCUT2D eigenvalue weighted by Crippen LogP contribution is -2.39. The number of nitrogens with zero attached hydrogens (tertiary/aromatic N) is 3. The number of benzene rings is 2. The molecular weight excluding hydrogens is 477 g/mol. The van der Waals surface area contributed by atoms with Gasteiger partial charge in [-0.25, -0.2) is 17.8 Å². The molecule has 2 aromatic carbocycles. The molecule has 3 aromatic rings. The van der Waals surface area contributed by atoms with Gasteiger partial charge in [0, 0.05) is 32.6 Å². The van der Waals surface area contributed by atoms with Crippen LogP contribution in [0.3, 0.4) is 0 Å².